The van der Waals surface area contributed by atoms with E-state index in [1.165, 1.54) is 11.3 Å². The molecule has 4 aromatic rings. The molecule has 0 aliphatic carbocycles. The molecule has 0 saturated heterocycles. The molecule has 3 N–H and O–H groups in total. The van der Waals surface area contributed by atoms with Gasteiger partial charge < -0.3 is 29.2 Å². The number of hydrogen-bond acceptors (Lipinski definition) is 10. The van der Waals surface area contributed by atoms with Crippen molar-refractivity contribution in [3.63, 3.8) is 0 Å². The van der Waals surface area contributed by atoms with E-state index in [2.05, 4.69) is 15.6 Å². The van der Waals surface area contributed by atoms with Gasteiger partial charge in [0.15, 0.2) is 10.9 Å². The fourth-order valence-electron chi connectivity index (χ4n) is 4.36. The van der Waals surface area contributed by atoms with Crippen molar-refractivity contribution < 1.29 is 23.1 Å². The minimum Gasteiger partial charge on any atom is -0.422 e. The minimum atomic E-state index is -3.82. The van der Waals surface area contributed by atoms with Crippen LogP contribution in [0.15, 0.2) is 69.5 Å². The fraction of sp³-hybridized carbons (Fsp3) is 0.259. The smallest absolute Gasteiger partial charge is 0.357 e. The number of benzene rings is 2. The number of aliphatic hydroxyl groups is 1. The minimum absolute atomic E-state index is 0.142. The topological polar surface area (TPSA) is 123 Å². The molecular weight excluding hydrogens is 525 g/mol. The number of thiazole rings is 1. The Morgan fingerprint density at radius 1 is 1.18 bits per heavy atom. The lowest BCUT2D eigenvalue weighted by molar-refractivity contribution is 0.205. The highest BCUT2D eigenvalue weighted by Crippen LogP contribution is 2.57. The Morgan fingerprint density at radius 2 is 1.95 bits per heavy atom. The van der Waals surface area contributed by atoms with Gasteiger partial charge in [0, 0.05) is 22.8 Å². The van der Waals surface area contributed by atoms with Gasteiger partial charge >= 0.3 is 13.2 Å². The van der Waals surface area contributed by atoms with Gasteiger partial charge in [0.1, 0.15) is 11.8 Å². The monoisotopic (exact) mass is 553 g/mol. The summed E-state index contributed by atoms with van der Waals surface area (Å²) in [7, 11) is -3.82. The molecule has 1 aliphatic rings. The van der Waals surface area contributed by atoms with E-state index in [0.717, 1.165) is 22.2 Å². The lowest BCUT2D eigenvalue weighted by Gasteiger charge is -2.33. The summed E-state index contributed by atoms with van der Waals surface area (Å²) >= 11 is 1.20. The molecule has 11 heteroatoms. The van der Waals surface area contributed by atoms with Crippen LogP contribution >= 0.6 is 18.9 Å². The van der Waals surface area contributed by atoms with E-state index in [1.54, 1.807) is 44.3 Å². The second kappa shape index (κ2) is 10.8. The van der Waals surface area contributed by atoms with Crippen LogP contribution in [-0.2, 0) is 13.6 Å². The maximum absolute atomic E-state index is 14.0. The van der Waals surface area contributed by atoms with Gasteiger partial charge in [0.25, 0.3) is 0 Å². The summed E-state index contributed by atoms with van der Waals surface area (Å²) in [6.07, 6.45) is 2.20. The van der Waals surface area contributed by atoms with Crippen LogP contribution in [0.2, 0.25) is 0 Å². The third-order valence-corrected chi connectivity index (χ3v) is 9.32. The maximum atomic E-state index is 14.0. The lowest BCUT2D eigenvalue weighted by atomic mass is 10.0. The van der Waals surface area contributed by atoms with Gasteiger partial charge in [0.05, 0.1) is 23.7 Å². The standard InChI is InChI=1S/C27H28N3O6PS/c1-4-34-37(33,35-5-2)25(20-14-18-12-16(3)10-11-21(18)29-24(20)31)30-27-28-15-23(38-27)19-13-17-8-6-7-9-22(17)36-26(19)32/h6-15,24-25,29,31H,4-5H2,1-3H3,(H,28,30). The van der Waals surface area contributed by atoms with E-state index in [-0.39, 0.29) is 13.2 Å². The molecule has 1 aliphatic heterocycles. The predicted molar refractivity (Wildman–Crippen MR) is 151 cm³/mol. The molecule has 198 valence electrons. The van der Waals surface area contributed by atoms with Crippen LogP contribution in [0.1, 0.15) is 25.0 Å². The Hall–Kier alpha value is -3.27. The van der Waals surface area contributed by atoms with Crippen molar-refractivity contribution in [3.05, 3.63) is 81.8 Å². The zero-order valence-corrected chi connectivity index (χ0v) is 22.8. The summed E-state index contributed by atoms with van der Waals surface area (Å²) in [5.74, 6) is -1.05. The molecule has 0 fully saturated rings. The van der Waals surface area contributed by atoms with E-state index in [9.17, 15) is 14.5 Å². The Labute approximate surface area is 223 Å². The highest BCUT2D eigenvalue weighted by atomic mass is 32.1. The average molecular weight is 554 g/mol. The summed E-state index contributed by atoms with van der Waals surface area (Å²) in [5, 5.41) is 18.4. The first-order valence-corrected chi connectivity index (χ1v) is 14.6. The average Bonchev–Trinajstić information content (AvgIpc) is 3.35. The fourth-order valence-corrected chi connectivity index (χ4v) is 7.25. The molecule has 2 aromatic heterocycles. The van der Waals surface area contributed by atoms with E-state index in [4.69, 9.17) is 13.5 Å². The molecule has 2 aromatic carbocycles. The molecular formula is C27H28N3O6PS. The lowest BCUT2D eigenvalue weighted by Crippen LogP contribution is -2.36. The van der Waals surface area contributed by atoms with Gasteiger partial charge in [-0.25, -0.2) is 9.78 Å². The van der Waals surface area contributed by atoms with Crippen molar-refractivity contribution in [2.24, 2.45) is 0 Å². The SMILES string of the molecule is CCOP(=O)(OCC)C(Nc1ncc(-c2cc3ccccc3oc2=O)s1)C1=Cc2cc(C)ccc2NC1O. The third-order valence-electron chi connectivity index (χ3n) is 6.06. The number of fused-ring (bicyclic) bond motifs is 2. The normalized spacial score (nSPS) is 16.0. The van der Waals surface area contributed by atoms with Gasteiger partial charge in [-0.3, -0.25) is 4.57 Å². The number of aromatic nitrogens is 1. The first-order valence-electron chi connectivity index (χ1n) is 12.2. The third kappa shape index (κ3) is 5.18. The second-order valence-corrected chi connectivity index (χ2v) is 11.9. The van der Waals surface area contributed by atoms with Crippen LogP contribution < -0.4 is 16.3 Å². The van der Waals surface area contributed by atoms with Crippen molar-refractivity contribution in [1.82, 2.24) is 4.98 Å². The van der Waals surface area contributed by atoms with Crippen LogP contribution in [-0.4, -0.2) is 35.3 Å². The Morgan fingerprint density at radius 3 is 2.71 bits per heavy atom. The highest BCUT2D eigenvalue weighted by molar-refractivity contribution is 7.55. The van der Waals surface area contributed by atoms with E-state index in [0.29, 0.717) is 26.7 Å². The molecule has 38 heavy (non-hydrogen) atoms. The number of nitrogens with one attached hydrogen (secondary N) is 2. The molecule has 5 rings (SSSR count). The molecule has 0 bridgehead atoms. The predicted octanol–water partition coefficient (Wildman–Crippen LogP) is 6.06. The van der Waals surface area contributed by atoms with Crippen LogP contribution in [0.3, 0.4) is 0 Å². The summed E-state index contributed by atoms with van der Waals surface area (Å²) in [5.41, 5.74) is 3.41. The number of aryl methyl sites for hydroxylation is 1. The zero-order valence-electron chi connectivity index (χ0n) is 21.1. The number of aliphatic hydroxyl groups excluding tert-OH is 1. The largest absolute Gasteiger partial charge is 0.422 e. The van der Waals surface area contributed by atoms with Crippen LogP contribution in [0.4, 0.5) is 10.8 Å². The first kappa shape index (κ1) is 26.3. The number of nitrogens with zero attached hydrogens (tertiary/aromatic N) is 1. The van der Waals surface area contributed by atoms with Crippen molar-refractivity contribution in [2.45, 2.75) is 32.8 Å². The summed E-state index contributed by atoms with van der Waals surface area (Å²) in [6.45, 7) is 5.71. The number of para-hydroxylation sites is 1. The van der Waals surface area contributed by atoms with Gasteiger partial charge in [-0.1, -0.05) is 41.2 Å². The molecule has 0 radical (unpaired) electrons. The van der Waals surface area contributed by atoms with Crippen molar-refractivity contribution >= 4 is 46.8 Å². The van der Waals surface area contributed by atoms with E-state index in [1.807, 2.05) is 37.3 Å². The Kier molecular flexibility index (Phi) is 7.52. The maximum Gasteiger partial charge on any atom is 0.357 e. The van der Waals surface area contributed by atoms with Crippen LogP contribution in [0, 0.1) is 6.92 Å². The van der Waals surface area contributed by atoms with Crippen molar-refractivity contribution in [1.29, 1.82) is 0 Å². The molecule has 0 spiro atoms. The zero-order chi connectivity index (χ0) is 26.9. The number of hydrogen-bond donors (Lipinski definition) is 3. The van der Waals surface area contributed by atoms with Crippen LogP contribution in [0.25, 0.3) is 27.5 Å². The molecule has 2 unspecified atom stereocenters. The van der Waals surface area contributed by atoms with Crippen molar-refractivity contribution in [3.8, 4) is 10.4 Å². The van der Waals surface area contributed by atoms with Gasteiger partial charge in [-0.15, -0.1) is 0 Å². The van der Waals surface area contributed by atoms with E-state index >= 15 is 0 Å². The molecule has 9 nitrogen and oxygen atoms in total. The molecule has 2 atom stereocenters. The second-order valence-electron chi connectivity index (χ2n) is 8.72. The van der Waals surface area contributed by atoms with Gasteiger partial charge in [-0.2, -0.15) is 0 Å². The number of rotatable bonds is 9. The highest BCUT2D eigenvalue weighted by Gasteiger charge is 2.42. The summed E-state index contributed by atoms with van der Waals surface area (Å²) < 4.78 is 30.9. The number of anilines is 2. The van der Waals surface area contributed by atoms with Gasteiger partial charge in [0.2, 0.25) is 0 Å². The summed E-state index contributed by atoms with van der Waals surface area (Å²) in [4.78, 5) is 17.7. The quantitative estimate of drug-likeness (QED) is 0.168. The van der Waals surface area contributed by atoms with Crippen LogP contribution in [0.5, 0.6) is 0 Å². The summed E-state index contributed by atoms with van der Waals surface area (Å²) in [6, 6.07) is 14.8. The van der Waals surface area contributed by atoms with Gasteiger partial charge in [-0.05, 0) is 56.7 Å². The first-order chi connectivity index (χ1) is 18.3. The van der Waals surface area contributed by atoms with Crippen molar-refractivity contribution in [2.75, 3.05) is 23.8 Å². The van der Waals surface area contributed by atoms with E-state index < -0.39 is 25.2 Å². The Bertz CT molecular complexity index is 1600. The Balaban J connectivity index is 1.55. The molecule has 3 heterocycles. The molecule has 0 saturated carbocycles. The molecule has 0 amide bonds.